The summed E-state index contributed by atoms with van der Waals surface area (Å²) in [5.74, 6) is -0.0502. The van der Waals surface area contributed by atoms with Crippen molar-refractivity contribution in [1.82, 2.24) is 5.32 Å². The van der Waals surface area contributed by atoms with E-state index in [0.717, 1.165) is 70.6 Å². The molecule has 0 aliphatic carbocycles. The molecule has 0 radical (unpaired) electrons. The number of carbonyl (C=O) groups is 2. The van der Waals surface area contributed by atoms with Gasteiger partial charge in [-0.3, -0.25) is 9.59 Å². The summed E-state index contributed by atoms with van der Waals surface area (Å²) >= 11 is 0. The maximum absolute atomic E-state index is 12.5. The summed E-state index contributed by atoms with van der Waals surface area (Å²) in [6.07, 6.45) is 73.7. The SMILES string of the molecule is CCCCCCCCCCCCCCCCCCCCCCCC(O)C(CO)NC(=O)CCCCCCCCC/C=C\CCCCCCOC(=O)CCCCCCCCCCCCCCCCCCCC. The summed E-state index contributed by atoms with van der Waals surface area (Å²) in [7, 11) is 0. The van der Waals surface area contributed by atoms with Crippen LogP contribution in [0.3, 0.4) is 0 Å². The number of allylic oxidation sites excluding steroid dienone is 2. The van der Waals surface area contributed by atoms with E-state index in [1.807, 2.05) is 0 Å². The van der Waals surface area contributed by atoms with Crippen LogP contribution in [0, 0.1) is 0 Å². The third-order valence-corrected chi connectivity index (χ3v) is 15.3. The predicted molar refractivity (Wildman–Crippen MR) is 310 cm³/mol. The van der Waals surface area contributed by atoms with E-state index < -0.39 is 12.1 Å². The number of unbranched alkanes of at least 4 members (excludes halogenated alkanes) is 48. The van der Waals surface area contributed by atoms with Gasteiger partial charge >= 0.3 is 5.97 Å². The van der Waals surface area contributed by atoms with Gasteiger partial charge in [0.15, 0.2) is 0 Å². The van der Waals surface area contributed by atoms with E-state index in [-0.39, 0.29) is 18.5 Å². The molecule has 0 saturated heterocycles. The molecule has 0 aliphatic rings. The second kappa shape index (κ2) is 61.1. The Bertz CT molecular complexity index is 1060. The van der Waals surface area contributed by atoms with Crippen molar-refractivity contribution in [2.75, 3.05) is 13.2 Å². The fourth-order valence-electron chi connectivity index (χ4n) is 10.3. The van der Waals surface area contributed by atoms with Gasteiger partial charge in [0.1, 0.15) is 0 Å². The lowest BCUT2D eigenvalue weighted by Gasteiger charge is -2.22. The Morgan fingerprint density at radius 2 is 0.662 bits per heavy atom. The third kappa shape index (κ3) is 57.7. The van der Waals surface area contributed by atoms with Crippen molar-refractivity contribution >= 4 is 11.9 Å². The standard InChI is InChI=1S/C65H127NO5/c1-3-5-7-9-11-13-15-17-19-21-23-24-25-26-29-33-37-41-45-49-53-57-63(68)62(61-67)66-64(69)58-54-50-46-42-38-34-30-28-32-36-40-44-48-52-56-60-71-65(70)59-55-51-47-43-39-35-31-27-22-20-18-16-14-12-10-8-6-4-2/h32,36,62-63,67-68H,3-31,33-35,37-61H2,1-2H3,(H,66,69)/b36-32-. The van der Waals surface area contributed by atoms with E-state index in [0.29, 0.717) is 25.9 Å². The van der Waals surface area contributed by atoms with Gasteiger partial charge in [-0.25, -0.2) is 0 Å². The van der Waals surface area contributed by atoms with Gasteiger partial charge < -0.3 is 20.3 Å². The van der Waals surface area contributed by atoms with E-state index in [2.05, 4.69) is 31.3 Å². The average Bonchev–Trinajstić information content (AvgIpc) is 3.37. The van der Waals surface area contributed by atoms with Gasteiger partial charge in [0.2, 0.25) is 5.91 Å². The van der Waals surface area contributed by atoms with Crippen molar-refractivity contribution in [3.8, 4) is 0 Å². The van der Waals surface area contributed by atoms with E-state index in [1.54, 1.807) is 0 Å². The van der Waals surface area contributed by atoms with Crippen molar-refractivity contribution in [1.29, 1.82) is 0 Å². The van der Waals surface area contributed by atoms with Gasteiger partial charge in [0, 0.05) is 12.8 Å². The highest BCUT2D eigenvalue weighted by Crippen LogP contribution is 2.18. The van der Waals surface area contributed by atoms with E-state index in [4.69, 9.17) is 4.74 Å². The Balaban J connectivity index is 3.44. The lowest BCUT2D eigenvalue weighted by atomic mass is 10.0. The fraction of sp³-hybridized carbons (Fsp3) is 0.938. The van der Waals surface area contributed by atoms with Crippen LogP contribution in [0.15, 0.2) is 12.2 Å². The third-order valence-electron chi connectivity index (χ3n) is 15.3. The van der Waals surface area contributed by atoms with Gasteiger partial charge in [-0.15, -0.1) is 0 Å². The predicted octanol–water partition coefficient (Wildman–Crippen LogP) is 20.4. The highest BCUT2D eigenvalue weighted by Gasteiger charge is 2.20. The monoisotopic (exact) mass is 1000 g/mol. The molecule has 0 bridgehead atoms. The van der Waals surface area contributed by atoms with Crippen molar-refractivity contribution in [3.63, 3.8) is 0 Å². The zero-order valence-electron chi connectivity index (χ0n) is 48.2. The smallest absolute Gasteiger partial charge is 0.305 e. The highest BCUT2D eigenvalue weighted by molar-refractivity contribution is 5.76. The number of hydrogen-bond donors (Lipinski definition) is 3. The maximum Gasteiger partial charge on any atom is 0.305 e. The largest absolute Gasteiger partial charge is 0.466 e. The molecule has 0 aromatic carbocycles. The number of nitrogens with one attached hydrogen (secondary N) is 1. The minimum Gasteiger partial charge on any atom is -0.466 e. The number of aliphatic hydroxyl groups is 2. The van der Waals surface area contributed by atoms with Crippen molar-refractivity contribution in [2.24, 2.45) is 0 Å². The minimum atomic E-state index is -0.675. The molecule has 6 heteroatoms. The molecule has 6 nitrogen and oxygen atoms in total. The lowest BCUT2D eigenvalue weighted by Crippen LogP contribution is -2.45. The molecular formula is C65H127NO5. The fourth-order valence-corrected chi connectivity index (χ4v) is 10.3. The molecule has 0 aromatic rings. The van der Waals surface area contributed by atoms with Gasteiger partial charge in [-0.2, -0.15) is 0 Å². The van der Waals surface area contributed by atoms with Crippen molar-refractivity contribution in [3.05, 3.63) is 12.2 Å². The Morgan fingerprint density at radius 1 is 0.380 bits per heavy atom. The molecule has 0 rings (SSSR count). The Morgan fingerprint density at radius 3 is 1.00 bits per heavy atom. The number of carbonyl (C=O) groups excluding carboxylic acids is 2. The molecular weight excluding hydrogens is 875 g/mol. The number of ether oxygens (including phenoxy) is 1. The number of hydrogen-bond acceptors (Lipinski definition) is 5. The summed E-state index contributed by atoms with van der Waals surface area (Å²) < 4.78 is 5.48. The van der Waals surface area contributed by atoms with Gasteiger partial charge in [0.05, 0.1) is 25.4 Å². The van der Waals surface area contributed by atoms with Crippen LogP contribution in [0.25, 0.3) is 0 Å². The second-order valence-corrected chi connectivity index (χ2v) is 22.5. The van der Waals surface area contributed by atoms with E-state index >= 15 is 0 Å². The molecule has 1 amide bonds. The Kier molecular flexibility index (Phi) is 59.9. The molecule has 2 atom stereocenters. The molecule has 0 heterocycles. The lowest BCUT2D eigenvalue weighted by molar-refractivity contribution is -0.143. The molecule has 71 heavy (non-hydrogen) atoms. The first-order valence-corrected chi connectivity index (χ1v) is 32.4. The molecule has 0 aromatic heterocycles. The van der Waals surface area contributed by atoms with Crippen molar-refractivity contribution < 1.29 is 24.5 Å². The summed E-state index contributed by atoms with van der Waals surface area (Å²) in [4.78, 5) is 24.6. The van der Waals surface area contributed by atoms with Gasteiger partial charge in [0.25, 0.3) is 0 Å². The number of rotatable bonds is 61. The van der Waals surface area contributed by atoms with Crippen LogP contribution < -0.4 is 5.32 Å². The maximum atomic E-state index is 12.5. The Hall–Kier alpha value is -1.40. The van der Waals surface area contributed by atoms with Crippen LogP contribution in [-0.2, 0) is 14.3 Å². The number of aliphatic hydroxyl groups excluding tert-OH is 2. The molecule has 0 saturated carbocycles. The second-order valence-electron chi connectivity index (χ2n) is 22.5. The first-order valence-electron chi connectivity index (χ1n) is 32.4. The molecule has 3 N–H and O–H groups in total. The van der Waals surface area contributed by atoms with Gasteiger partial charge in [-0.05, 0) is 51.4 Å². The van der Waals surface area contributed by atoms with Crippen LogP contribution in [0.1, 0.15) is 367 Å². The first kappa shape index (κ1) is 69.6. The normalized spacial score (nSPS) is 12.6. The molecule has 0 aliphatic heterocycles. The zero-order valence-corrected chi connectivity index (χ0v) is 48.2. The summed E-state index contributed by atoms with van der Waals surface area (Å²) in [5, 5.41) is 23.4. The van der Waals surface area contributed by atoms with Crippen LogP contribution in [0.4, 0.5) is 0 Å². The average molecular weight is 1000 g/mol. The molecule has 0 fully saturated rings. The van der Waals surface area contributed by atoms with Gasteiger partial charge in [-0.1, -0.05) is 315 Å². The molecule has 422 valence electrons. The minimum absolute atomic E-state index is 0.00442. The van der Waals surface area contributed by atoms with Crippen LogP contribution in [-0.4, -0.2) is 47.4 Å². The summed E-state index contributed by atoms with van der Waals surface area (Å²) in [5.41, 5.74) is 0. The quantitative estimate of drug-likeness (QED) is 0.0320. The number of amides is 1. The Labute approximate surface area is 444 Å². The zero-order chi connectivity index (χ0) is 51.4. The van der Waals surface area contributed by atoms with Crippen LogP contribution in [0.5, 0.6) is 0 Å². The number of esters is 1. The van der Waals surface area contributed by atoms with Crippen LogP contribution in [0.2, 0.25) is 0 Å². The van der Waals surface area contributed by atoms with E-state index in [9.17, 15) is 19.8 Å². The van der Waals surface area contributed by atoms with E-state index in [1.165, 1.54) is 263 Å². The first-order chi connectivity index (χ1) is 35.0. The van der Waals surface area contributed by atoms with Crippen molar-refractivity contribution in [2.45, 2.75) is 379 Å². The highest BCUT2D eigenvalue weighted by atomic mass is 16.5. The molecule has 2 unspecified atom stereocenters. The van der Waals surface area contributed by atoms with Crippen LogP contribution >= 0.6 is 0 Å². The summed E-state index contributed by atoms with van der Waals surface area (Å²) in [6, 6.07) is -0.553. The summed E-state index contributed by atoms with van der Waals surface area (Å²) in [6.45, 7) is 4.96. The molecule has 0 spiro atoms. The topological polar surface area (TPSA) is 95.9 Å².